The van der Waals surface area contributed by atoms with Crippen molar-refractivity contribution in [3.8, 4) is 5.75 Å². The van der Waals surface area contributed by atoms with Crippen LogP contribution in [0, 0.1) is 5.41 Å². The highest BCUT2D eigenvalue weighted by Crippen LogP contribution is 2.26. The van der Waals surface area contributed by atoms with Crippen molar-refractivity contribution in [2.24, 2.45) is 5.41 Å². The van der Waals surface area contributed by atoms with E-state index in [-0.39, 0.29) is 0 Å². The first-order valence-corrected chi connectivity index (χ1v) is 8.15. The van der Waals surface area contributed by atoms with E-state index < -0.39 is 0 Å². The molecule has 0 saturated carbocycles. The number of halogens is 1. The smallest absolute Gasteiger partial charge is 0.122 e. The third-order valence-electron chi connectivity index (χ3n) is 3.94. The van der Waals surface area contributed by atoms with E-state index in [1.54, 1.807) is 0 Å². The molecular formula is C17H26ClNO. The third-order valence-corrected chi connectivity index (χ3v) is 4.20. The number of benzene rings is 1. The van der Waals surface area contributed by atoms with Gasteiger partial charge in [-0.3, -0.25) is 0 Å². The van der Waals surface area contributed by atoms with Crippen molar-refractivity contribution in [1.82, 2.24) is 5.32 Å². The summed E-state index contributed by atoms with van der Waals surface area (Å²) in [4.78, 5) is 0. The highest BCUT2D eigenvalue weighted by molar-refractivity contribution is 6.17. The Morgan fingerprint density at radius 2 is 2.20 bits per heavy atom. The molecule has 1 aliphatic rings. The molecule has 112 valence electrons. The van der Waals surface area contributed by atoms with Gasteiger partial charge in [0.1, 0.15) is 5.75 Å². The highest BCUT2D eigenvalue weighted by atomic mass is 35.5. The second kappa shape index (κ2) is 7.33. The molecule has 0 amide bonds. The molecule has 0 aliphatic carbocycles. The second-order valence-corrected chi connectivity index (χ2v) is 6.80. The third kappa shape index (κ3) is 4.68. The van der Waals surface area contributed by atoms with Gasteiger partial charge in [-0.05, 0) is 48.4 Å². The van der Waals surface area contributed by atoms with Crippen LogP contribution in [0.2, 0.25) is 0 Å². The van der Waals surface area contributed by atoms with Gasteiger partial charge in [-0.2, -0.15) is 0 Å². The first-order chi connectivity index (χ1) is 9.61. The van der Waals surface area contributed by atoms with Gasteiger partial charge in [0.25, 0.3) is 0 Å². The number of hydrogen-bond donors (Lipinski definition) is 1. The van der Waals surface area contributed by atoms with E-state index in [9.17, 15) is 0 Å². The van der Waals surface area contributed by atoms with Crippen LogP contribution in [0.5, 0.6) is 5.75 Å². The van der Waals surface area contributed by atoms with E-state index in [0.717, 1.165) is 50.6 Å². The first-order valence-electron chi connectivity index (χ1n) is 7.62. The van der Waals surface area contributed by atoms with E-state index in [2.05, 4.69) is 37.4 Å². The lowest BCUT2D eigenvalue weighted by molar-refractivity contribution is 0.313. The summed E-state index contributed by atoms with van der Waals surface area (Å²) in [5.74, 6) is 1.84. The van der Waals surface area contributed by atoms with Crippen LogP contribution in [0.15, 0.2) is 18.2 Å². The quantitative estimate of drug-likeness (QED) is 0.582. The largest absolute Gasteiger partial charge is 0.493 e. The maximum Gasteiger partial charge on any atom is 0.122 e. The molecule has 20 heavy (non-hydrogen) atoms. The van der Waals surface area contributed by atoms with Crippen molar-refractivity contribution in [2.45, 2.75) is 39.5 Å². The molecule has 1 aromatic rings. The molecule has 0 saturated heterocycles. The number of alkyl halides is 1. The minimum absolute atomic E-state index is 0.334. The monoisotopic (exact) mass is 295 g/mol. The summed E-state index contributed by atoms with van der Waals surface area (Å²) in [6.07, 6.45) is 4.42. The maximum atomic E-state index is 5.76. The standard InChI is InChI=1S/C17H26ClNO/c1-17(2,8-3-9-18)13-19-10-6-14-4-5-16-15(12-14)7-11-20-16/h4-5,12,19H,3,6-11,13H2,1-2H3. The molecule has 0 aromatic heterocycles. The zero-order valence-electron chi connectivity index (χ0n) is 12.7. The molecule has 3 heteroatoms. The predicted octanol–water partition coefficient (Wildman–Crippen LogP) is 3.80. The summed E-state index contributed by atoms with van der Waals surface area (Å²) < 4.78 is 5.53. The van der Waals surface area contributed by atoms with Gasteiger partial charge in [-0.15, -0.1) is 11.6 Å². The molecule has 0 unspecified atom stereocenters. The van der Waals surface area contributed by atoms with E-state index >= 15 is 0 Å². The van der Waals surface area contributed by atoms with Gasteiger partial charge in [0.05, 0.1) is 6.61 Å². The Labute approximate surface area is 127 Å². The fraction of sp³-hybridized carbons (Fsp3) is 0.647. The van der Waals surface area contributed by atoms with Gasteiger partial charge in [0.2, 0.25) is 0 Å². The van der Waals surface area contributed by atoms with E-state index in [4.69, 9.17) is 16.3 Å². The highest BCUT2D eigenvalue weighted by Gasteiger charge is 2.16. The molecule has 2 nitrogen and oxygen atoms in total. The van der Waals surface area contributed by atoms with Crippen LogP contribution in [0.4, 0.5) is 0 Å². The molecule has 0 spiro atoms. The Hall–Kier alpha value is -0.730. The average Bonchev–Trinajstić information content (AvgIpc) is 2.89. The summed E-state index contributed by atoms with van der Waals surface area (Å²) in [7, 11) is 0. The molecule has 1 heterocycles. The van der Waals surface area contributed by atoms with Crippen molar-refractivity contribution in [2.75, 3.05) is 25.6 Å². The van der Waals surface area contributed by atoms with Gasteiger partial charge >= 0.3 is 0 Å². The van der Waals surface area contributed by atoms with Crippen LogP contribution < -0.4 is 10.1 Å². The Morgan fingerprint density at radius 1 is 1.35 bits per heavy atom. The van der Waals surface area contributed by atoms with E-state index in [1.807, 2.05) is 0 Å². The zero-order chi connectivity index (χ0) is 14.4. The van der Waals surface area contributed by atoms with Gasteiger partial charge in [-0.1, -0.05) is 26.0 Å². The molecule has 0 atom stereocenters. The van der Waals surface area contributed by atoms with Crippen molar-refractivity contribution >= 4 is 11.6 Å². The van der Waals surface area contributed by atoms with Crippen molar-refractivity contribution in [1.29, 1.82) is 0 Å². The Bertz CT molecular complexity index is 431. The van der Waals surface area contributed by atoms with Crippen LogP contribution in [0.3, 0.4) is 0 Å². The van der Waals surface area contributed by atoms with Crippen molar-refractivity contribution in [3.05, 3.63) is 29.3 Å². The molecule has 1 aromatic carbocycles. The molecule has 0 radical (unpaired) electrons. The number of rotatable bonds is 8. The minimum atomic E-state index is 0.334. The lowest BCUT2D eigenvalue weighted by Gasteiger charge is -2.24. The molecular weight excluding hydrogens is 270 g/mol. The van der Waals surface area contributed by atoms with Gasteiger partial charge < -0.3 is 10.1 Å². The number of nitrogens with one attached hydrogen (secondary N) is 1. The summed E-state index contributed by atoms with van der Waals surface area (Å²) in [6.45, 7) is 7.53. The number of ether oxygens (including phenoxy) is 1. The van der Waals surface area contributed by atoms with Gasteiger partial charge in [0, 0.05) is 18.8 Å². The van der Waals surface area contributed by atoms with Crippen LogP contribution in [0.1, 0.15) is 37.8 Å². The Morgan fingerprint density at radius 3 is 3.00 bits per heavy atom. The van der Waals surface area contributed by atoms with Crippen LogP contribution in [0.25, 0.3) is 0 Å². The predicted molar refractivity (Wildman–Crippen MR) is 85.9 cm³/mol. The normalized spacial score (nSPS) is 14.2. The average molecular weight is 296 g/mol. The number of fused-ring (bicyclic) bond motifs is 1. The molecule has 2 rings (SSSR count). The first kappa shape index (κ1) is 15.7. The fourth-order valence-electron chi connectivity index (χ4n) is 2.69. The SMILES string of the molecule is CC(C)(CCCCl)CNCCc1ccc2c(c1)CCO2. The summed E-state index contributed by atoms with van der Waals surface area (Å²) in [6, 6.07) is 6.59. The second-order valence-electron chi connectivity index (χ2n) is 6.42. The van der Waals surface area contributed by atoms with Crippen molar-refractivity contribution < 1.29 is 4.74 Å². The maximum absolute atomic E-state index is 5.76. The van der Waals surface area contributed by atoms with Gasteiger partial charge in [-0.25, -0.2) is 0 Å². The van der Waals surface area contributed by atoms with Crippen molar-refractivity contribution in [3.63, 3.8) is 0 Å². The summed E-state index contributed by atoms with van der Waals surface area (Å²) >= 11 is 5.76. The van der Waals surface area contributed by atoms with E-state index in [0.29, 0.717) is 5.41 Å². The van der Waals surface area contributed by atoms with Gasteiger partial charge in [0.15, 0.2) is 0 Å². The lowest BCUT2D eigenvalue weighted by Crippen LogP contribution is -2.30. The Balaban J connectivity index is 1.71. The molecule has 1 aliphatic heterocycles. The number of hydrogen-bond acceptors (Lipinski definition) is 2. The minimum Gasteiger partial charge on any atom is -0.493 e. The van der Waals surface area contributed by atoms with Crippen LogP contribution in [-0.4, -0.2) is 25.6 Å². The summed E-state index contributed by atoms with van der Waals surface area (Å²) in [5, 5.41) is 3.58. The summed E-state index contributed by atoms with van der Waals surface area (Å²) in [5.41, 5.74) is 3.10. The van der Waals surface area contributed by atoms with Crippen LogP contribution >= 0.6 is 11.6 Å². The van der Waals surface area contributed by atoms with E-state index in [1.165, 1.54) is 17.5 Å². The lowest BCUT2D eigenvalue weighted by atomic mass is 9.88. The Kier molecular flexibility index (Phi) is 5.74. The molecule has 0 bridgehead atoms. The zero-order valence-corrected chi connectivity index (χ0v) is 13.4. The molecule has 1 N–H and O–H groups in total. The fourth-order valence-corrected chi connectivity index (χ4v) is 2.82. The molecule has 0 fully saturated rings. The topological polar surface area (TPSA) is 21.3 Å². The van der Waals surface area contributed by atoms with Crippen LogP contribution in [-0.2, 0) is 12.8 Å².